The molecule has 0 aliphatic rings. The number of nitrogen functional groups attached to an aromatic ring is 1. The quantitative estimate of drug-likeness (QED) is 0.463. The van der Waals surface area contributed by atoms with Crippen molar-refractivity contribution in [3.8, 4) is 0 Å². The summed E-state index contributed by atoms with van der Waals surface area (Å²) < 4.78 is 52.4. The minimum Gasteiger partial charge on any atom is -0.399 e. The number of primary sulfonamides is 1. The van der Waals surface area contributed by atoms with E-state index in [-0.39, 0.29) is 5.69 Å². The monoisotopic (exact) mass is 252 g/mol. The fraction of sp³-hybridized carbons (Fsp3) is 0. The third kappa shape index (κ3) is 2.65. The zero-order chi connectivity index (χ0) is 11.9. The van der Waals surface area contributed by atoms with E-state index in [0.717, 1.165) is 18.2 Å². The number of nitrogens with two attached hydrogens (primary N) is 2. The van der Waals surface area contributed by atoms with Crippen LogP contribution in [-0.4, -0.2) is 21.4 Å². The zero-order valence-corrected chi connectivity index (χ0v) is 8.92. The first-order valence-corrected chi connectivity index (χ1v) is 6.51. The van der Waals surface area contributed by atoms with E-state index in [4.69, 9.17) is 15.4 Å². The summed E-state index contributed by atoms with van der Waals surface area (Å²) in [7, 11) is -8.91. The second-order valence-electron chi connectivity index (χ2n) is 2.73. The van der Waals surface area contributed by atoms with Crippen LogP contribution in [0.2, 0.25) is 0 Å². The van der Waals surface area contributed by atoms with Crippen molar-refractivity contribution in [3.05, 3.63) is 18.2 Å². The van der Waals surface area contributed by atoms with Crippen LogP contribution in [0.15, 0.2) is 28.0 Å². The maximum atomic E-state index is 11.0. The van der Waals surface area contributed by atoms with E-state index in [9.17, 15) is 16.8 Å². The highest BCUT2D eigenvalue weighted by atomic mass is 32.2. The van der Waals surface area contributed by atoms with Crippen molar-refractivity contribution in [2.75, 3.05) is 5.73 Å². The van der Waals surface area contributed by atoms with Crippen molar-refractivity contribution in [3.63, 3.8) is 0 Å². The first-order chi connectivity index (χ1) is 6.62. The molecule has 1 aromatic rings. The lowest BCUT2D eigenvalue weighted by molar-refractivity contribution is 0.480. The van der Waals surface area contributed by atoms with Crippen molar-refractivity contribution in [2.45, 2.75) is 9.79 Å². The van der Waals surface area contributed by atoms with Crippen LogP contribution in [0.1, 0.15) is 0 Å². The first kappa shape index (κ1) is 11.9. The van der Waals surface area contributed by atoms with Crippen LogP contribution < -0.4 is 10.9 Å². The van der Waals surface area contributed by atoms with E-state index in [1.807, 2.05) is 0 Å². The number of hydrogen-bond donors (Lipinski definition) is 3. The normalized spacial score (nSPS) is 12.7. The number of rotatable bonds is 2. The average molecular weight is 252 g/mol. The summed E-state index contributed by atoms with van der Waals surface area (Å²) in [6, 6.07) is 2.89. The standard InChI is InChI=1S/C6H8N2O5S2/c7-4-1-2-5(14(8,9)10)6(3-4)15(11,12)13/h1-3H,7H2,(H2,8,9,10)(H,11,12,13). The first-order valence-electron chi connectivity index (χ1n) is 3.52. The molecular weight excluding hydrogens is 244 g/mol. The molecule has 1 rings (SSSR count). The molecule has 0 spiro atoms. The Balaban J connectivity index is 3.71. The molecular formula is C6H8N2O5S2. The van der Waals surface area contributed by atoms with E-state index in [2.05, 4.69) is 0 Å². The van der Waals surface area contributed by atoms with Gasteiger partial charge in [-0.1, -0.05) is 0 Å². The van der Waals surface area contributed by atoms with Gasteiger partial charge in [0.25, 0.3) is 10.1 Å². The Kier molecular flexibility index (Phi) is 2.74. The molecule has 0 fully saturated rings. The molecule has 0 radical (unpaired) electrons. The Hall–Kier alpha value is -1.16. The van der Waals surface area contributed by atoms with Crippen molar-refractivity contribution in [1.82, 2.24) is 0 Å². The maximum absolute atomic E-state index is 11.0. The molecule has 0 heterocycles. The number of hydrogen-bond acceptors (Lipinski definition) is 5. The van der Waals surface area contributed by atoms with E-state index < -0.39 is 29.9 Å². The van der Waals surface area contributed by atoms with Crippen LogP contribution in [0.25, 0.3) is 0 Å². The van der Waals surface area contributed by atoms with Crippen molar-refractivity contribution < 1.29 is 21.4 Å². The smallest absolute Gasteiger partial charge is 0.295 e. The molecule has 0 saturated heterocycles. The predicted octanol–water partition coefficient (Wildman–Crippen LogP) is -0.837. The van der Waals surface area contributed by atoms with Gasteiger partial charge in [0.1, 0.15) is 9.79 Å². The minimum absolute atomic E-state index is 0.00461. The molecule has 15 heavy (non-hydrogen) atoms. The Labute approximate surface area is 86.5 Å². The summed E-state index contributed by atoms with van der Waals surface area (Å²) in [5.74, 6) is 0. The molecule has 0 aromatic heterocycles. The van der Waals surface area contributed by atoms with Crippen LogP contribution in [0.3, 0.4) is 0 Å². The molecule has 0 atom stereocenters. The van der Waals surface area contributed by atoms with Gasteiger partial charge >= 0.3 is 0 Å². The van der Waals surface area contributed by atoms with Crippen LogP contribution in [-0.2, 0) is 20.1 Å². The lowest BCUT2D eigenvalue weighted by Crippen LogP contribution is -2.16. The van der Waals surface area contributed by atoms with Crippen LogP contribution in [0.4, 0.5) is 5.69 Å². The maximum Gasteiger partial charge on any atom is 0.295 e. The minimum atomic E-state index is -4.68. The van der Waals surface area contributed by atoms with Gasteiger partial charge in [-0.15, -0.1) is 0 Å². The third-order valence-electron chi connectivity index (χ3n) is 1.55. The van der Waals surface area contributed by atoms with Crippen molar-refractivity contribution >= 4 is 25.8 Å². The summed E-state index contributed by atoms with van der Waals surface area (Å²) in [4.78, 5) is -1.52. The molecule has 0 amide bonds. The summed E-state index contributed by atoms with van der Waals surface area (Å²) in [5, 5.41) is 4.76. The predicted molar refractivity (Wildman–Crippen MR) is 52.0 cm³/mol. The second kappa shape index (κ2) is 3.45. The Morgan fingerprint density at radius 1 is 1.07 bits per heavy atom. The second-order valence-corrected chi connectivity index (χ2v) is 5.65. The number of anilines is 1. The lowest BCUT2D eigenvalue weighted by Gasteiger charge is -2.05. The molecule has 0 unspecified atom stereocenters. The van der Waals surface area contributed by atoms with E-state index >= 15 is 0 Å². The highest BCUT2D eigenvalue weighted by Gasteiger charge is 2.22. The zero-order valence-electron chi connectivity index (χ0n) is 7.28. The van der Waals surface area contributed by atoms with Gasteiger partial charge in [-0.05, 0) is 18.2 Å². The van der Waals surface area contributed by atoms with E-state index in [1.165, 1.54) is 0 Å². The molecule has 0 bridgehead atoms. The highest BCUT2D eigenvalue weighted by Crippen LogP contribution is 2.21. The van der Waals surface area contributed by atoms with Gasteiger partial charge in [-0.3, -0.25) is 4.55 Å². The van der Waals surface area contributed by atoms with Gasteiger partial charge in [0.15, 0.2) is 0 Å². The molecule has 7 nitrogen and oxygen atoms in total. The number of benzene rings is 1. The molecule has 84 valence electrons. The third-order valence-corrected chi connectivity index (χ3v) is 3.54. The highest BCUT2D eigenvalue weighted by molar-refractivity contribution is 7.91. The van der Waals surface area contributed by atoms with Crippen LogP contribution >= 0.6 is 0 Å². The van der Waals surface area contributed by atoms with Gasteiger partial charge in [0.2, 0.25) is 10.0 Å². The van der Waals surface area contributed by atoms with Gasteiger partial charge in [0.05, 0.1) is 0 Å². The Morgan fingerprint density at radius 3 is 2.00 bits per heavy atom. The lowest BCUT2D eigenvalue weighted by atomic mass is 10.3. The molecule has 0 saturated carbocycles. The van der Waals surface area contributed by atoms with Gasteiger partial charge in [-0.25, -0.2) is 13.6 Å². The fourth-order valence-electron chi connectivity index (χ4n) is 0.961. The van der Waals surface area contributed by atoms with Crippen molar-refractivity contribution in [2.24, 2.45) is 5.14 Å². The van der Waals surface area contributed by atoms with E-state index in [1.54, 1.807) is 0 Å². The summed E-state index contributed by atoms with van der Waals surface area (Å²) in [6.45, 7) is 0. The fourth-order valence-corrected chi connectivity index (χ4v) is 2.83. The molecule has 0 aliphatic carbocycles. The van der Waals surface area contributed by atoms with E-state index in [0.29, 0.717) is 0 Å². The largest absolute Gasteiger partial charge is 0.399 e. The van der Waals surface area contributed by atoms with Gasteiger partial charge < -0.3 is 5.73 Å². The number of sulfonamides is 1. The topological polar surface area (TPSA) is 141 Å². The Morgan fingerprint density at radius 2 is 1.60 bits per heavy atom. The summed E-state index contributed by atoms with van der Waals surface area (Å²) in [6.07, 6.45) is 0. The average Bonchev–Trinajstić information content (AvgIpc) is 2.00. The SMILES string of the molecule is Nc1ccc(S(N)(=O)=O)c(S(=O)(=O)O)c1. The van der Waals surface area contributed by atoms with Crippen LogP contribution in [0, 0.1) is 0 Å². The molecule has 5 N–H and O–H groups in total. The Bertz CT molecular complexity index is 590. The van der Waals surface area contributed by atoms with Crippen molar-refractivity contribution in [1.29, 1.82) is 0 Å². The molecule has 9 heteroatoms. The van der Waals surface area contributed by atoms with Gasteiger partial charge in [-0.2, -0.15) is 8.42 Å². The van der Waals surface area contributed by atoms with Crippen LogP contribution in [0.5, 0.6) is 0 Å². The molecule has 0 aliphatic heterocycles. The van der Waals surface area contributed by atoms with Gasteiger partial charge in [0, 0.05) is 5.69 Å². The summed E-state index contributed by atoms with van der Waals surface area (Å²) in [5.41, 5.74) is 5.25. The summed E-state index contributed by atoms with van der Waals surface area (Å²) >= 11 is 0. The molecule has 1 aromatic carbocycles.